The van der Waals surface area contributed by atoms with E-state index in [2.05, 4.69) is 75.6 Å². The van der Waals surface area contributed by atoms with Gasteiger partial charge in [0, 0.05) is 20.9 Å². The fourth-order valence-corrected chi connectivity index (χ4v) is 8.59. The molecule has 0 unspecified atom stereocenters. The third-order valence-electron chi connectivity index (χ3n) is 8.77. The topological polar surface area (TPSA) is 63.6 Å². The van der Waals surface area contributed by atoms with Gasteiger partial charge in [0.15, 0.2) is 0 Å². The van der Waals surface area contributed by atoms with E-state index in [0.717, 1.165) is 41.5 Å². The monoisotopic (exact) mass is 708 g/mol. The molecule has 0 saturated heterocycles. The van der Waals surface area contributed by atoms with E-state index < -0.39 is 23.6 Å². The first-order valence-electron chi connectivity index (χ1n) is 16.4. The van der Waals surface area contributed by atoms with Crippen LogP contribution in [0.5, 0.6) is 0 Å². The van der Waals surface area contributed by atoms with Crippen LogP contribution in [0.2, 0.25) is 0 Å². The van der Waals surface area contributed by atoms with Gasteiger partial charge in [0.25, 0.3) is 0 Å². The Labute approximate surface area is 301 Å². The van der Waals surface area contributed by atoms with Crippen molar-refractivity contribution < 1.29 is 28.2 Å². The molecule has 50 heavy (non-hydrogen) atoms. The van der Waals surface area contributed by atoms with Gasteiger partial charge in [0.2, 0.25) is 0 Å². The fourth-order valence-electron chi connectivity index (χ4n) is 5.61. The Hall–Kier alpha value is -4.50. The minimum atomic E-state index is -1.15. The zero-order valence-electron chi connectivity index (χ0n) is 28.7. The van der Waals surface area contributed by atoms with Crippen LogP contribution >= 0.6 is 23.5 Å². The first-order chi connectivity index (χ1) is 23.8. The summed E-state index contributed by atoms with van der Waals surface area (Å²) in [6.45, 7) is 10.9. The second-order valence-electron chi connectivity index (χ2n) is 13.3. The third-order valence-corrected chi connectivity index (χ3v) is 10.9. The number of hydrogen-bond acceptors (Lipinski definition) is 5. The number of hydrogen-bond donors (Lipinski definition) is 1. The van der Waals surface area contributed by atoms with E-state index in [-0.39, 0.29) is 39.7 Å². The average Bonchev–Trinajstić information content (AvgIpc) is 3.07. The number of carbonyl (C=O) groups is 2. The fraction of sp³-hybridized carbons (Fsp3) is 0.286. The van der Waals surface area contributed by atoms with Crippen molar-refractivity contribution in [3.05, 3.63) is 129 Å². The van der Waals surface area contributed by atoms with Crippen LogP contribution in [0.15, 0.2) is 82.6 Å². The number of benzene rings is 4. The van der Waals surface area contributed by atoms with E-state index in [1.807, 2.05) is 35.7 Å². The Morgan fingerprint density at radius 1 is 0.700 bits per heavy atom. The molecule has 0 saturated carbocycles. The molecule has 0 fully saturated rings. The molecule has 0 atom stereocenters. The first kappa shape index (κ1) is 36.8. The number of rotatable bonds is 3. The number of fused-ring (bicyclic) bond motifs is 2. The van der Waals surface area contributed by atoms with E-state index in [1.165, 1.54) is 51.2 Å². The van der Waals surface area contributed by atoms with Crippen LogP contribution in [0.3, 0.4) is 0 Å². The summed E-state index contributed by atoms with van der Waals surface area (Å²) in [4.78, 5) is 25.1. The highest BCUT2D eigenvalue weighted by atomic mass is 32.2. The molecule has 0 amide bonds. The quantitative estimate of drug-likeness (QED) is 0.169. The van der Waals surface area contributed by atoms with Gasteiger partial charge < -0.3 is 9.84 Å². The summed E-state index contributed by atoms with van der Waals surface area (Å²) < 4.78 is 33.1. The van der Waals surface area contributed by atoms with Gasteiger partial charge in [0.05, 0.1) is 28.9 Å². The van der Waals surface area contributed by atoms with E-state index in [0.29, 0.717) is 0 Å². The van der Waals surface area contributed by atoms with Crippen molar-refractivity contribution in [2.24, 2.45) is 0 Å². The van der Waals surface area contributed by atoms with Crippen molar-refractivity contribution in [3.8, 4) is 23.7 Å². The summed E-state index contributed by atoms with van der Waals surface area (Å²) in [5.41, 5.74) is 5.13. The lowest BCUT2D eigenvalue weighted by molar-refractivity contribution is 0.0525. The van der Waals surface area contributed by atoms with Gasteiger partial charge in [-0.05, 0) is 126 Å². The molecular weight excluding hydrogens is 671 g/mol. The van der Waals surface area contributed by atoms with Crippen LogP contribution in [0.4, 0.5) is 8.78 Å². The molecule has 0 spiro atoms. The lowest BCUT2D eigenvalue weighted by Crippen LogP contribution is -2.22. The van der Waals surface area contributed by atoms with E-state index in [1.54, 1.807) is 6.92 Å². The molecule has 4 aromatic carbocycles. The summed E-state index contributed by atoms with van der Waals surface area (Å²) >= 11 is 3.73. The van der Waals surface area contributed by atoms with Gasteiger partial charge in [-0.3, -0.25) is 0 Å². The molecule has 1 N–H and O–H groups in total. The number of esters is 1. The van der Waals surface area contributed by atoms with E-state index >= 15 is 0 Å². The highest BCUT2D eigenvalue weighted by molar-refractivity contribution is 7.99. The minimum Gasteiger partial charge on any atom is -0.478 e. The number of carboxylic acid groups (broad SMARTS) is 1. The summed E-state index contributed by atoms with van der Waals surface area (Å²) in [5.74, 6) is 11.2. The standard InChI is InChI=1S/C22H21FO2S.C20H17FO2S/c1-4-25-21(24)17-9-8-16(19(23)14-17)7-5-15-6-10-20-18(13-15)22(2,3)11-12-26-20;1-20(2)9-10-24-18-8-4-13(11-16(18)20)3-5-14-6-7-15(19(22)23)12-17(14)21/h6,8-10,13-14H,4,11-12H2,1-3H3;4,6-8,11-12H,9-10H2,1-2H3,(H,22,23). The van der Waals surface area contributed by atoms with E-state index in [9.17, 15) is 18.4 Å². The Morgan fingerprint density at radius 2 is 1.16 bits per heavy atom. The van der Waals surface area contributed by atoms with Crippen LogP contribution in [-0.4, -0.2) is 35.2 Å². The van der Waals surface area contributed by atoms with Crippen LogP contribution in [0, 0.1) is 35.3 Å². The summed E-state index contributed by atoms with van der Waals surface area (Å²) in [7, 11) is 0. The van der Waals surface area contributed by atoms with E-state index in [4.69, 9.17) is 9.84 Å². The van der Waals surface area contributed by atoms with Crippen LogP contribution < -0.4 is 0 Å². The van der Waals surface area contributed by atoms with Crippen LogP contribution in [-0.2, 0) is 15.6 Å². The summed E-state index contributed by atoms with van der Waals surface area (Å²) in [6, 6.07) is 20.3. The Balaban J connectivity index is 0.000000195. The predicted molar refractivity (Wildman–Crippen MR) is 197 cm³/mol. The Kier molecular flexibility index (Phi) is 11.5. The number of carboxylic acids is 1. The number of halogens is 2. The molecule has 4 nitrogen and oxygen atoms in total. The normalized spacial score (nSPS) is 14.9. The zero-order chi connectivity index (χ0) is 36.1. The lowest BCUT2D eigenvalue weighted by atomic mass is 9.81. The van der Waals surface area contributed by atoms with Gasteiger partial charge in [-0.2, -0.15) is 0 Å². The maximum absolute atomic E-state index is 14.2. The first-order valence-corrected chi connectivity index (χ1v) is 18.3. The SMILES string of the molecule is CC1(C)CCSc2ccc(C#Cc3ccc(C(=O)O)cc3F)cc21.CCOC(=O)c1ccc(C#Cc2ccc3c(c2)C(C)(C)CCS3)c(F)c1. The smallest absolute Gasteiger partial charge is 0.338 e. The minimum absolute atomic E-state index is 0.0781. The lowest BCUT2D eigenvalue weighted by Gasteiger charge is -2.32. The summed E-state index contributed by atoms with van der Waals surface area (Å²) in [6.07, 6.45) is 2.25. The number of aromatic carboxylic acids is 1. The number of ether oxygens (including phenoxy) is 1. The predicted octanol–water partition coefficient (Wildman–Crippen LogP) is 9.87. The molecule has 256 valence electrons. The number of carbonyl (C=O) groups excluding carboxylic acids is 1. The van der Waals surface area contributed by atoms with Crippen LogP contribution in [0.25, 0.3) is 0 Å². The van der Waals surface area contributed by atoms with Crippen molar-refractivity contribution in [2.75, 3.05) is 18.1 Å². The highest BCUT2D eigenvalue weighted by Crippen LogP contribution is 2.42. The molecule has 2 aliphatic heterocycles. The molecule has 0 aromatic heterocycles. The Bertz CT molecular complexity index is 2080. The molecule has 2 aliphatic rings. The Morgan fingerprint density at radius 3 is 1.60 bits per heavy atom. The second-order valence-corrected chi connectivity index (χ2v) is 15.6. The van der Waals surface area contributed by atoms with Gasteiger partial charge in [-0.15, -0.1) is 23.5 Å². The number of thioether (sulfide) groups is 2. The van der Waals surface area contributed by atoms with Crippen molar-refractivity contribution in [3.63, 3.8) is 0 Å². The molecule has 0 bridgehead atoms. The molecule has 6 rings (SSSR count). The van der Waals surface area contributed by atoms with Crippen LogP contribution in [0.1, 0.15) is 102 Å². The van der Waals surface area contributed by atoms with Gasteiger partial charge >= 0.3 is 11.9 Å². The van der Waals surface area contributed by atoms with Crippen molar-refractivity contribution in [1.82, 2.24) is 0 Å². The average molecular weight is 709 g/mol. The summed E-state index contributed by atoms with van der Waals surface area (Å²) in [5, 5.41) is 8.86. The maximum atomic E-state index is 14.2. The molecule has 2 heterocycles. The molecule has 0 aliphatic carbocycles. The third kappa shape index (κ3) is 8.80. The molecule has 8 heteroatoms. The van der Waals surface area contributed by atoms with Crippen molar-refractivity contribution >= 4 is 35.5 Å². The maximum Gasteiger partial charge on any atom is 0.338 e. The van der Waals surface area contributed by atoms with Crippen molar-refractivity contribution in [2.45, 2.75) is 68.1 Å². The highest BCUT2D eigenvalue weighted by Gasteiger charge is 2.28. The van der Waals surface area contributed by atoms with Gasteiger partial charge in [0.1, 0.15) is 11.6 Å². The second kappa shape index (κ2) is 15.6. The largest absolute Gasteiger partial charge is 0.478 e. The molecular formula is C42H38F2O4S2. The molecule has 0 radical (unpaired) electrons. The van der Waals surface area contributed by atoms with Gasteiger partial charge in [-0.1, -0.05) is 51.4 Å². The zero-order valence-corrected chi connectivity index (χ0v) is 30.3. The van der Waals surface area contributed by atoms with Gasteiger partial charge in [-0.25, -0.2) is 18.4 Å². The van der Waals surface area contributed by atoms with Crippen molar-refractivity contribution in [1.29, 1.82) is 0 Å². The molecule has 4 aromatic rings.